The summed E-state index contributed by atoms with van der Waals surface area (Å²) in [5.41, 5.74) is 37.1. The highest BCUT2D eigenvalue weighted by atomic mass is 15.4. The molecule has 1 aromatic carbocycles. The van der Waals surface area contributed by atoms with E-state index >= 15 is 0 Å². The van der Waals surface area contributed by atoms with E-state index in [0.29, 0.717) is 49.7 Å². The topological polar surface area (TPSA) is 226 Å². The van der Waals surface area contributed by atoms with Gasteiger partial charge < -0.3 is 49.5 Å². The number of nitrogens with zero attached hydrogens (tertiary/aromatic N) is 6. The maximum atomic E-state index is 6.20. The molecule has 0 amide bonds. The summed E-state index contributed by atoms with van der Waals surface area (Å²) in [6.07, 6.45) is 1.52. The van der Waals surface area contributed by atoms with Crippen molar-refractivity contribution in [1.29, 1.82) is 0 Å². The first-order chi connectivity index (χ1) is 15.7. The van der Waals surface area contributed by atoms with Crippen LogP contribution in [0.2, 0.25) is 0 Å². The van der Waals surface area contributed by atoms with Crippen LogP contribution < -0.4 is 49.5 Å². The van der Waals surface area contributed by atoms with Crippen LogP contribution >= 0.6 is 0 Å². The van der Waals surface area contributed by atoms with Crippen molar-refractivity contribution in [2.24, 2.45) is 39.4 Å². The third-order valence-electron chi connectivity index (χ3n) is 5.59. The lowest BCUT2D eigenvalue weighted by Crippen LogP contribution is -2.54. The van der Waals surface area contributed by atoms with Crippen molar-refractivity contribution in [1.82, 2.24) is 15.0 Å². The maximum absolute atomic E-state index is 6.20. The molecule has 4 atom stereocenters. The number of benzene rings is 1. The summed E-state index contributed by atoms with van der Waals surface area (Å²) in [5, 5.41) is 3.24. The number of nitrogens with two attached hydrogens (primary N) is 6. The summed E-state index contributed by atoms with van der Waals surface area (Å²) in [7, 11) is 0. The molecule has 2 aromatic rings. The van der Waals surface area contributed by atoms with Crippen molar-refractivity contribution in [3.05, 3.63) is 24.3 Å². The van der Waals surface area contributed by atoms with Crippen molar-refractivity contribution in [3.8, 4) is 0 Å². The number of hydrogen-bond acceptors (Lipinski definition) is 11. The Bertz CT molecular complexity index is 910. The second-order valence-electron chi connectivity index (χ2n) is 8.79. The van der Waals surface area contributed by atoms with Gasteiger partial charge in [-0.3, -0.25) is 0 Å². The summed E-state index contributed by atoms with van der Waals surface area (Å²) >= 11 is 0. The molecule has 0 saturated carbocycles. The normalized spacial score (nSPS) is 25.6. The molecular weight excluding hydrogens is 422 g/mol. The van der Waals surface area contributed by atoms with Gasteiger partial charge in [0.05, 0.1) is 5.69 Å². The van der Waals surface area contributed by atoms with Gasteiger partial charge in [-0.2, -0.15) is 15.0 Å². The van der Waals surface area contributed by atoms with Gasteiger partial charge in [0.25, 0.3) is 0 Å². The number of hydrogen-bond donors (Lipinski definition) is 7. The quantitative estimate of drug-likeness (QED) is 0.197. The Hall–Kier alpha value is -3.26. The molecule has 1 aromatic heterocycles. The first-order valence-corrected chi connectivity index (χ1v) is 11.0. The molecule has 3 heterocycles. The molecule has 2 aliphatic rings. The number of aliphatic imine (C=N–C) groups is 1. The van der Waals surface area contributed by atoms with Crippen LogP contribution in [-0.4, -0.2) is 71.3 Å². The lowest BCUT2D eigenvalue weighted by atomic mass is 10.0. The van der Waals surface area contributed by atoms with Crippen LogP contribution in [0, 0.1) is 0 Å². The summed E-state index contributed by atoms with van der Waals surface area (Å²) < 4.78 is 0. The summed E-state index contributed by atoms with van der Waals surface area (Å²) in [4.78, 5) is 22.1. The van der Waals surface area contributed by atoms with Crippen LogP contribution in [0.1, 0.15) is 12.8 Å². The number of guanidine groups is 1. The highest BCUT2D eigenvalue weighted by Gasteiger charge is 2.28. The van der Waals surface area contributed by atoms with E-state index in [9.17, 15) is 0 Å². The van der Waals surface area contributed by atoms with Gasteiger partial charge in [-0.25, -0.2) is 4.99 Å². The van der Waals surface area contributed by atoms with Gasteiger partial charge in [-0.05, 0) is 37.1 Å². The molecular formula is C20H33N13. The van der Waals surface area contributed by atoms with E-state index in [1.165, 1.54) is 0 Å². The Morgan fingerprint density at radius 3 is 1.64 bits per heavy atom. The molecule has 2 aliphatic heterocycles. The van der Waals surface area contributed by atoms with Crippen molar-refractivity contribution >= 4 is 35.2 Å². The molecule has 0 bridgehead atoms. The van der Waals surface area contributed by atoms with Crippen molar-refractivity contribution in [3.63, 3.8) is 0 Å². The molecule has 2 saturated heterocycles. The number of aromatic nitrogens is 3. The van der Waals surface area contributed by atoms with Crippen LogP contribution in [0.25, 0.3) is 0 Å². The monoisotopic (exact) mass is 455 g/mol. The summed E-state index contributed by atoms with van der Waals surface area (Å²) in [6.45, 7) is 2.46. The van der Waals surface area contributed by atoms with E-state index in [0.717, 1.165) is 18.5 Å². The maximum Gasteiger partial charge on any atom is 0.233 e. The molecule has 0 spiro atoms. The fourth-order valence-electron chi connectivity index (χ4n) is 4.27. The molecule has 13 nitrogen and oxygen atoms in total. The van der Waals surface area contributed by atoms with Crippen LogP contribution in [0.4, 0.5) is 29.2 Å². The molecule has 33 heavy (non-hydrogen) atoms. The first-order valence-electron chi connectivity index (χ1n) is 11.0. The Kier molecular flexibility index (Phi) is 6.74. The highest BCUT2D eigenvalue weighted by Crippen LogP contribution is 2.24. The van der Waals surface area contributed by atoms with E-state index in [1.54, 1.807) is 12.1 Å². The zero-order chi connectivity index (χ0) is 23.5. The highest BCUT2D eigenvalue weighted by molar-refractivity contribution is 5.79. The van der Waals surface area contributed by atoms with Crippen LogP contribution in [-0.2, 0) is 0 Å². The lowest BCUT2D eigenvalue weighted by molar-refractivity contribution is 0.441. The zero-order valence-electron chi connectivity index (χ0n) is 18.5. The number of anilines is 4. The Labute approximate surface area is 192 Å². The summed E-state index contributed by atoms with van der Waals surface area (Å²) in [6, 6.07) is 7.05. The van der Waals surface area contributed by atoms with Gasteiger partial charge >= 0.3 is 0 Å². The third-order valence-corrected chi connectivity index (χ3v) is 5.59. The molecule has 178 valence electrons. The van der Waals surface area contributed by atoms with Gasteiger partial charge in [-0.15, -0.1) is 0 Å². The second kappa shape index (κ2) is 9.70. The third kappa shape index (κ3) is 5.96. The van der Waals surface area contributed by atoms with Gasteiger partial charge in [0.1, 0.15) is 0 Å². The molecule has 13 N–H and O–H groups in total. The number of nitrogens with one attached hydrogen (secondary N) is 1. The summed E-state index contributed by atoms with van der Waals surface area (Å²) in [5.74, 6) is 1.42. The molecule has 13 heteroatoms. The molecule has 0 radical (unpaired) electrons. The van der Waals surface area contributed by atoms with E-state index in [4.69, 9.17) is 39.4 Å². The lowest BCUT2D eigenvalue weighted by Gasteiger charge is -2.37. The second-order valence-corrected chi connectivity index (χ2v) is 8.79. The average molecular weight is 456 g/mol. The van der Waals surface area contributed by atoms with Gasteiger partial charge in [0.15, 0.2) is 5.96 Å². The van der Waals surface area contributed by atoms with Crippen molar-refractivity contribution < 1.29 is 0 Å². The predicted octanol–water partition coefficient (Wildman–Crippen LogP) is -1.75. The van der Waals surface area contributed by atoms with E-state index in [-0.39, 0.29) is 30.1 Å². The van der Waals surface area contributed by atoms with Gasteiger partial charge in [0, 0.05) is 56.0 Å². The minimum absolute atomic E-state index is 0.00152. The standard InChI is InChI=1S/C20H33N13/c21-11-5-12(22)8-32(7-11)19-29-18(28-16-3-1-15(2-4-16)27-17(25)26)30-20(31-19)33-9-13(23)6-14(24)10-33/h1-4,11-14H,5-10,21-24H2,(H4,25,26,27)(H,28,29,30,31)/t11-,12+,13-,14+. The van der Waals surface area contributed by atoms with Gasteiger partial charge in [-0.1, -0.05) is 0 Å². The Balaban J connectivity index is 1.64. The zero-order valence-corrected chi connectivity index (χ0v) is 18.5. The minimum Gasteiger partial charge on any atom is -0.370 e. The fourth-order valence-corrected chi connectivity index (χ4v) is 4.27. The van der Waals surface area contributed by atoms with Crippen LogP contribution in [0.5, 0.6) is 0 Å². The minimum atomic E-state index is -0.0507. The van der Waals surface area contributed by atoms with Gasteiger partial charge in [0.2, 0.25) is 17.8 Å². The van der Waals surface area contributed by atoms with E-state index in [1.807, 2.05) is 21.9 Å². The van der Waals surface area contributed by atoms with Crippen molar-refractivity contribution in [2.75, 3.05) is 41.3 Å². The molecule has 0 unspecified atom stereocenters. The molecule has 4 rings (SSSR count). The first kappa shape index (κ1) is 22.9. The average Bonchev–Trinajstić information content (AvgIpc) is 2.73. The Morgan fingerprint density at radius 1 is 0.758 bits per heavy atom. The predicted molar refractivity (Wildman–Crippen MR) is 131 cm³/mol. The van der Waals surface area contributed by atoms with E-state index < -0.39 is 0 Å². The number of piperidine rings is 2. The molecule has 2 fully saturated rings. The van der Waals surface area contributed by atoms with Crippen molar-refractivity contribution in [2.45, 2.75) is 37.0 Å². The molecule has 0 aliphatic carbocycles. The smallest absolute Gasteiger partial charge is 0.233 e. The SMILES string of the molecule is NC(N)=Nc1ccc(Nc2nc(N3C[C@H](N)C[C@H](N)C3)nc(N3C[C@H](N)C[C@H](N)C3)n2)cc1. The largest absolute Gasteiger partial charge is 0.370 e. The van der Waals surface area contributed by atoms with Crippen LogP contribution in [0.3, 0.4) is 0 Å². The number of rotatable bonds is 5. The van der Waals surface area contributed by atoms with Crippen LogP contribution in [0.15, 0.2) is 29.3 Å². The van der Waals surface area contributed by atoms with E-state index in [2.05, 4.69) is 20.3 Å². The Morgan fingerprint density at radius 2 is 1.21 bits per heavy atom. The fraction of sp³-hybridized carbons (Fsp3) is 0.500.